The highest BCUT2D eigenvalue weighted by molar-refractivity contribution is 5.82. The Labute approximate surface area is 127 Å². The molecule has 116 valence electrons. The van der Waals surface area contributed by atoms with Gasteiger partial charge >= 0.3 is 0 Å². The average Bonchev–Trinajstić information content (AvgIpc) is 2.47. The fourth-order valence-electron chi connectivity index (χ4n) is 2.97. The number of aryl methyl sites for hydroxylation is 1. The van der Waals surface area contributed by atoms with Crippen molar-refractivity contribution in [3.63, 3.8) is 0 Å². The van der Waals surface area contributed by atoms with Crippen molar-refractivity contribution in [2.75, 3.05) is 13.7 Å². The Morgan fingerprint density at radius 2 is 2.24 bits per heavy atom. The molecule has 1 amide bonds. The molecule has 0 aliphatic carbocycles. The van der Waals surface area contributed by atoms with Gasteiger partial charge in [0.05, 0.1) is 19.2 Å². The number of hydrogen-bond acceptors (Lipinski definition) is 3. The van der Waals surface area contributed by atoms with Gasteiger partial charge in [0.1, 0.15) is 5.75 Å². The monoisotopic (exact) mass is 290 g/mol. The number of hydrogen-bond donors (Lipinski definition) is 2. The van der Waals surface area contributed by atoms with E-state index in [0.29, 0.717) is 5.92 Å². The van der Waals surface area contributed by atoms with Crippen molar-refractivity contribution in [1.29, 1.82) is 0 Å². The summed E-state index contributed by atoms with van der Waals surface area (Å²) >= 11 is 0. The maximum absolute atomic E-state index is 12.5. The van der Waals surface area contributed by atoms with Gasteiger partial charge in [-0.2, -0.15) is 0 Å². The molecule has 0 saturated carbocycles. The van der Waals surface area contributed by atoms with E-state index in [9.17, 15) is 4.79 Å². The van der Waals surface area contributed by atoms with Crippen LogP contribution in [-0.2, 0) is 4.79 Å². The molecule has 0 bridgehead atoms. The zero-order chi connectivity index (χ0) is 15.4. The molecule has 0 spiro atoms. The molecule has 1 aliphatic rings. The third-order valence-electron chi connectivity index (χ3n) is 4.26. The van der Waals surface area contributed by atoms with Gasteiger partial charge in [-0.15, -0.1) is 0 Å². The summed E-state index contributed by atoms with van der Waals surface area (Å²) < 4.78 is 5.40. The van der Waals surface area contributed by atoms with E-state index in [2.05, 4.69) is 23.6 Å². The first-order valence-electron chi connectivity index (χ1n) is 7.71. The molecule has 1 fully saturated rings. The first-order valence-corrected chi connectivity index (χ1v) is 7.71. The van der Waals surface area contributed by atoms with E-state index < -0.39 is 0 Å². The van der Waals surface area contributed by atoms with Gasteiger partial charge in [-0.3, -0.25) is 4.79 Å². The molecule has 4 nitrogen and oxygen atoms in total. The van der Waals surface area contributed by atoms with Crippen LogP contribution >= 0.6 is 0 Å². The molecular formula is C17H26N2O2. The molecular weight excluding hydrogens is 264 g/mol. The lowest BCUT2D eigenvalue weighted by atomic mass is 9.92. The molecule has 0 aromatic heterocycles. The summed E-state index contributed by atoms with van der Waals surface area (Å²) in [5.41, 5.74) is 2.19. The Bertz CT molecular complexity index is 502. The van der Waals surface area contributed by atoms with Gasteiger partial charge in [-0.1, -0.05) is 24.6 Å². The second-order valence-corrected chi connectivity index (χ2v) is 6.03. The molecule has 1 heterocycles. The Hall–Kier alpha value is -1.55. The van der Waals surface area contributed by atoms with E-state index in [0.717, 1.165) is 36.3 Å². The van der Waals surface area contributed by atoms with Crippen molar-refractivity contribution >= 4 is 5.91 Å². The van der Waals surface area contributed by atoms with Crippen LogP contribution in [0, 0.1) is 12.8 Å². The molecule has 1 aromatic carbocycles. The number of methoxy groups -OCH3 is 1. The van der Waals surface area contributed by atoms with Crippen LogP contribution in [0.25, 0.3) is 0 Å². The minimum Gasteiger partial charge on any atom is -0.496 e. The first-order chi connectivity index (χ1) is 10.0. The fraction of sp³-hybridized carbons (Fsp3) is 0.588. The number of nitrogens with one attached hydrogen (secondary N) is 2. The summed E-state index contributed by atoms with van der Waals surface area (Å²) in [4.78, 5) is 12.5. The number of ether oxygens (including phenoxy) is 1. The van der Waals surface area contributed by atoms with Gasteiger partial charge in [0.15, 0.2) is 0 Å². The van der Waals surface area contributed by atoms with Crippen LogP contribution in [0.15, 0.2) is 18.2 Å². The minimum atomic E-state index is -0.0861. The molecule has 1 aromatic rings. The number of rotatable bonds is 4. The van der Waals surface area contributed by atoms with Crippen molar-refractivity contribution in [3.8, 4) is 5.75 Å². The van der Waals surface area contributed by atoms with Gasteiger partial charge in [0.25, 0.3) is 0 Å². The van der Waals surface area contributed by atoms with Crippen molar-refractivity contribution in [2.45, 2.75) is 45.7 Å². The van der Waals surface area contributed by atoms with E-state index in [1.807, 2.05) is 26.0 Å². The van der Waals surface area contributed by atoms with Crippen LogP contribution in [0.4, 0.5) is 0 Å². The van der Waals surface area contributed by atoms with E-state index in [-0.39, 0.29) is 18.0 Å². The number of carbonyl (C=O) groups excluding carboxylic acids is 1. The van der Waals surface area contributed by atoms with Crippen LogP contribution in [0.1, 0.15) is 43.9 Å². The molecule has 3 unspecified atom stereocenters. The van der Waals surface area contributed by atoms with E-state index in [1.165, 1.54) is 0 Å². The molecule has 21 heavy (non-hydrogen) atoms. The highest BCUT2D eigenvalue weighted by atomic mass is 16.5. The summed E-state index contributed by atoms with van der Waals surface area (Å²) in [6.45, 7) is 7.10. The molecule has 3 atom stereocenters. The normalized spacial score (nSPS) is 23.4. The lowest BCUT2D eigenvalue weighted by molar-refractivity contribution is -0.125. The third-order valence-corrected chi connectivity index (χ3v) is 4.26. The smallest absolute Gasteiger partial charge is 0.237 e. The standard InChI is InChI=1S/C17H26N2O2/c1-11-7-8-15(21-4)14(10-11)13(3)19-17(20)16-12(2)6-5-9-18-16/h7-8,10,12-13,16,18H,5-6,9H2,1-4H3,(H,19,20). The Morgan fingerprint density at radius 1 is 1.48 bits per heavy atom. The van der Waals surface area contributed by atoms with Crippen molar-refractivity contribution in [1.82, 2.24) is 10.6 Å². The largest absolute Gasteiger partial charge is 0.496 e. The predicted molar refractivity (Wildman–Crippen MR) is 84.5 cm³/mol. The maximum atomic E-state index is 12.5. The first kappa shape index (κ1) is 15.8. The summed E-state index contributed by atoms with van der Waals surface area (Å²) in [6, 6.07) is 5.89. The fourth-order valence-corrected chi connectivity index (χ4v) is 2.97. The van der Waals surface area contributed by atoms with E-state index in [1.54, 1.807) is 7.11 Å². The quantitative estimate of drug-likeness (QED) is 0.896. The summed E-state index contributed by atoms with van der Waals surface area (Å²) in [6.07, 6.45) is 2.25. The number of carbonyl (C=O) groups is 1. The molecule has 2 N–H and O–H groups in total. The van der Waals surface area contributed by atoms with Gasteiger partial charge in [-0.25, -0.2) is 0 Å². The van der Waals surface area contributed by atoms with Crippen LogP contribution in [-0.4, -0.2) is 25.6 Å². The highest BCUT2D eigenvalue weighted by Crippen LogP contribution is 2.26. The topological polar surface area (TPSA) is 50.4 Å². The zero-order valence-corrected chi connectivity index (χ0v) is 13.4. The maximum Gasteiger partial charge on any atom is 0.237 e. The molecule has 1 aliphatic heterocycles. The van der Waals surface area contributed by atoms with Crippen LogP contribution < -0.4 is 15.4 Å². The summed E-state index contributed by atoms with van der Waals surface area (Å²) in [5, 5.41) is 6.44. The van der Waals surface area contributed by atoms with Gasteiger partial charge in [0, 0.05) is 5.56 Å². The second kappa shape index (κ2) is 6.94. The average molecular weight is 290 g/mol. The van der Waals surface area contributed by atoms with Crippen LogP contribution in [0.5, 0.6) is 5.75 Å². The van der Waals surface area contributed by atoms with Crippen molar-refractivity contribution in [3.05, 3.63) is 29.3 Å². The van der Waals surface area contributed by atoms with Crippen LogP contribution in [0.3, 0.4) is 0 Å². The predicted octanol–water partition coefficient (Wildman–Crippen LogP) is 2.57. The molecule has 2 rings (SSSR count). The minimum absolute atomic E-state index is 0.0664. The molecule has 0 radical (unpaired) electrons. The number of piperidine rings is 1. The van der Waals surface area contributed by atoms with Crippen molar-refractivity contribution < 1.29 is 9.53 Å². The Kier molecular flexibility index (Phi) is 5.23. The number of amides is 1. The Morgan fingerprint density at radius 3 is 2.90 bits per heavy atom. The van der Waals surface area contributed by atoms with Gasteiger partial charge in [-0.05, 0) is 45.2 Å². The lowest BCUT2D eigenvalue weighted by Gasteiger charge is -2.30. The SMILES string of the molecule is COc1ccc(C)cc1C(C)NC(=O)C1NCCCC1C. The third kappa shape index (κ3) is 3.76. The highest BCUT2D eigenvalue weighted by Gasteiger charge is 2.28. The lowest BCUT2D eigenvalue weighted by Crippen LogP contribution is -2.51. The molecule has 4 heteroatoms. The van der Waals surface area contributed by atoms with Crippen molar-refractivity contribution in [2.24, 2.45) is 5.92 Å². The molecule has 1 saturated heterocycles. The Balaban J connectivity index is 2.08. The zero-order valence-electron chi connectivity index (χ0n) is 13.4. The van der Waals surface area contributed by atoms with Gasteiger partial charge < -0.3 is 15.4 Å². The van der Waals surface area contributed by atoms with E-state index >= 15 is 0 Å². The van der Waals surface area contributed by atoms with Crippen LogP contribution in [0.2, 0.25) is 0 Å². The summed E-state index contributed by atoms with van der Waals surface area (Å²) in [7, 11) is 1.66. The van der Waals surface area contributed by atoms with E-state index in [4.69, 9.17) is 4.74 Å². The summed E-state index contributed by atoms with van der Waals surface area (Å²) in [5.74, 6) is 1.28. The second-order valence-electron chi connectivity index (χ2n) is 6.03. The van der Waals surface area contributed by atoms with Gasteiger partial charge in [0.2, 0.25) is 5.91 Å². The number of benzene rings is 1.